The lowest BCUT2D eigenvalue weighted by Gasteiger charge is -2.21. The van der Waals surface area contributed by atoms with Gasteiger partial charge in [-0.1, -0.05) is 19.9 Å². The molecule has 1 aliphatic rings. The SMILES string of the molecule is CC(C)c1ccc2nc(N3CCCC3)c(CCN)cc2c1. The van der Waals surface area contributed by atoms with Gasteiger partial charge in [0.2, 0.25) is 0 Å². The van der Waals surface area contributed by atoms with Crippen molar-refractivity contribution in [3.8, 4) is 0 Å². The molecule has 1 saturated heterocycles. The molecule has 1 aliphatic heterocycles. The minimum absolute atomic E-state index is 0.547. The minimum atomic E-state index is 0.547. The molecule has 0 unspecified atom stereocenters. The molecule has 0 bridgehead atoms. The number of nitrogens with zero attached hydrogens (tertiary/aromatic N) is 2. The van der Waals surface area contributed by atoms with E-state index in [2.05, 4.69) is 43.0 Å². The van der Waals surface area contributed by atoms with Crippen LogP contribution in [0.15, 0.2) is 24.3 Å². The smallest absolute Gasteiger partial charge is 0.132 e. The van der Waals surface area contributed by atoms with Gasteiger partial charge in [0.15, 0.2) is 0 Å². The van der Waals surface area contributed by atoms with Crippen molar-refractivity contribution in [1.29, 1.82) is 0 Å². The van der Waals surface area contributed by atoms with E-state index in [0.29, 0.717) is 12.5 Å². The number of rotatable bonds is 4. The van der Waals surface area contributed by atoms with E-state index in [0.717, 1.165) is 30.8 Å². The van der Waals surface area contributed by atoms with Crippen LogP contribution in [-0.4, -0.2) is 24.6 Å². The second-order valence-electron chi connectivity index (χ2n) is 6.31. The van der Waals surface area contributed by atoms with Crippen LogP contribution in [0.1, 0.15) is 43.7 Å². The van der Waals surface area contributed by atoms with Crippen LogP contribution in [0.25, 0.3) is 10.9 Å². The Morgan fingerprint density at radius 2 is 1.95 bits per heavy atom. The molecule has 0 radical (unpaired) electrons. The zero-order chi connectivity index (χ0) is 14.8. The van der Waals surface area contributed by atoms with Crippen LogP contribution in [0, 0.1) is 0 Å². The van der Waals surface area contributed by atoms with Crippen molar-refractivity contribution < 1.29 is 0 Å². The van der Waals surface area contributed by atoms with Gasteiger partial charge in [0.05, 0.1) is 5.52 Å². The minimum Gasteiger partial charge on any atom is -0.356 e. The van der Waals surface area contributed by atoms with Crippen LogP contribution in [0.5, 0.6) is 0 Å². The Hall–Kier alpha value is -1.61. The number of benzene rings is 1. The molecule has 0 atom stereocenters. The third-order valence-electron chi connectivity index (χ3n) is 4.38. The molecule has 0 aliphatic carbocycles. The summed E-state index contributed by atoms with van der Waals surface area (Å²) in [6.45, 7) is 7.39. The highest BCUT2D eigenvalue weighted by Gasteiger charge is 2.18. The van der Waals surface area contributed by atoms with E-state index in [-0.39, 0.29) is 0 Å². The molecule has 0 saturated carbocycles. The molecular weight excluding hydrogens is 258 g/mol. The molecule has 0 amide bonds. The monoisotopic (exact) mass is 283 g/mol. The van der Waals surface area contributed by atoms with Gasteiger partial charge >= 0.3 is 0 Å². The number of hydrogen-bond acceptors (Lipinski definition) is 3. The van der Waals surface area contributed by atoms with Crippen molar-refractivity contribution in [3.63, 3.8) is 0 Å². The quantitative estimate of drug-likeness (QED) is 0.934. The van der Waals surface area contributed by atoms with Gasteiger partial charge in [0, 0.05) is 18.5 Å². The first kappa shape index (κ1) is 14.3. The summed E-state index contributed by atoms with van der Waals surface area (Å²) in [5.74, 6) is 1.70. The number of aromatic nitrogens is 1. The summed E-state index contributed by atoms with van der Waals surface area (Å²) < 4.78 is 0. The van der Waals surface area contributed by atoms with E-state index >= 15 is 0 Å². The van der Waals surface area contributed by atoms with Gasteiger partial charge in [0.1, 0.15) is 5.82 Å². The summed E-state index contributed by atoms with van der Waals surface area (Å²) in [5, 5.41) is 1.24. The van der Waals surface area contributed by atoms with Crippen molar-refractivity contribution in [2.24, 2.45) is 5.73 Å². The highest BCUT2D eigenvalue weighted by atomic mass is 15.2. The Morgan fingerprint density at radius 1 is 1.19 bits per heavy atom. The molecule has 1 aromatic carbocycles. The van der Waals surface area contributed by atoms with Gasteiger partial charge in [-0.15, -0.1) is 0 Å². The summed E-state index contributed by atoms with van der Waals surface area (Å²) >= 11 is 0. The fourth-order valence-electron chi connectivity index (χ4n) is 3.13. The van der Waals surface area contributed by atoms with Crippen molar-refractivity contribution in [1.82, 2.24) is 4.98 Å². The Bertz CT molecular complexity index is 628. The summed E-state index contributed by atoms with van der Waals surface area (Å²) in [5.41, 5.74) is 9.57. The molecule has 3 rings (SSSR count). The summed E-state index contributed by atoms with van der Waals surface area (Å²) in [7, 11) is 0. The zero-order valence-electron chi connectivity index (χ0n) is 13.1. The van der Waals surface area contributed by atoms with Gasteiger partial charge in [-0.05, 0) is 61.1 Å². The van der Waals surface area contributed by atoms with Gasteiger partial charge in [0.25, 0.3) is 0 Å². The lowest BCUT2D eigenvalue weighted by atomic mass is 10.00. The van der Waals surface area contributed by atoms with Crippen LogP contribution < -0.4 is 10.6 Å². The van der Waals surface area contributed by atoms with Crippen LogP contribution in [-0.2, 0) is 6.42 Å². The van der Waals surface area contributed by atoms with Gasteiger partial charge in [-0.2, -0.15) is 0 Å². The number of fused-ring (bicyclic) bond motifs is 1. The molecule has 3 nitrogen and oxygen atoms in total. The molecular formula is C18H25N3. The first-order chi connectivity index (χ1) is 10.2. The van der Waals surface area contributed by atoms with Crippen molar-refractivity contribution >= 4 is 16.7 Å². The highest BCUT2D eigenvalue weighted by Crippen LogP contribution is 2.28. The predicted octanol–water partition coefficient (Wildman–Crippen LogP) is 3.46. The number of pyridine rings is 1. The van der Waals surface area contributed by atoms with E-state index in [1.54, 1.807) is 0 Å². The maximum absolute atomic E-state index is 5.80. The molecule has 2 N–H and O–H groups in total. The Labute approximate surface area is 127 Å². The highest BCUT2D eigenvalue weighted by molar-refractivity contribution is 5.83. The molecule has 112 valence electrons. The fraction of sp³-hybridized carbons (Fsp3) is 0.500. The molecule has 21 heavy (non-hydrogen) atoms. The maximum atomic E-state index is 5.80. The van der Waals surface area contributed by atoms with Gasteiger partial charge < -0.3 is 10.6 Å². The molecule has 2 aromatic rings. The predicted molar refractivity (Wildman–Crippen MR) is 90.0 cm³/mol. The van der Waals surface area contributed by atoms with Crippen LogP contribution in [0.2, 0.25) is 0 Å². The van der Waals surface area contributed by atoms with Crippen molar-refractivity contribution in [2.45, 2.75) is 39.0 Å². The average molecular weight is 283 g/mol. The first-order valence-corrected chi connectivity index (χ1v) is 8.07. The zero-order valence-corrected chi connectivity index (χ0v) is 13.1. The molecule has 3 heteroatoms. The lowest BCUT2D eigenvalue weighted by Crippen LogP contribution is -2.21. The lowest BCUT2D eigenvalue weighted by molar-refractivity contribution is 0.867. The maximum Gasteiger partial charge on any atom is 0.132 e. The van der Waals surface area contributed by atoms with E-state index in [4.69, 9.17) is 10.7 Å². The van der Waals surface area contributed by atoms with Crippen LogP contribution >= 0.6 is 0 Å². The van der Waals surface area contributed by atoms with E-state index < -0.39 is 0 Å². The first-order valence-electron chi connectivity index (χ1n) is 8.07. The second kappa shape index (κ2) is 6.02. The van der Waals surface area contributed by atoms with E-state index in [1.165, 1.54) is 29.4 Å². The Balaban J connectivity index is 2.09. The number of anilines is 1. The number of nitrogens with two attached hydrogens (primary N) is 1. The van der Waals surface area contributed by atoms with Crippen LogP contribution in [0.4, 0.5) is 5.82 Å². The van der Waals surface area contributed by atoms with Gasteiger partial charge in [-0.3, -0.25) is 0 Å². The van der Waals surface area contributed by atoms with Crippen molar-refractivity contribution in [2.75, 3.05) is 24.5 Å². The largest absolute Gasteiger partial charge is 0.356 e. The number of hydrogen-bond donors (Lipinski definition) is 1. The summed E-state index contributed by atoms with van der Waals surface area (Å²) in [6.07, 6.45) is 3.45. The third kappa shape index (κ3) is 2.88. The normalized spacial score (nSPS) is 15.3. The molecule has 1 fully saturated rings. The molecule has 1 aromatic heterocycles. The molecule has 0 spiro atoms. The summed E-state index contributed by atoms with van der Waals surface area (Å²) in [4.78, 5) is 7.36. The molecule has 2 heterocycles. The van der Waals surface area contributed by atoms with Gasteiger partial charge in [-0.25, -0.2) is 4.98 Å². The third-order valence-corrected chi connectivity index (χ3v) is 4.38. The van der Waals surface area contributed by atoms with E-state index in [1.807, 2.05) is 0 Å². The van der Waals surface area contributed by atoms with E-state index in [9.17, 15) is 0 Å². The Kier molecular flexibility index (Phi) is 4.11. The van der Waals surface area contributed by atoms with Crippen LogP contribution in [0.3, 0.4) is 0 Å². The second-order valence-corrected chi connectivity index (χ2v) is 6.31. The standard InChI is InChI=1S/C18H25N3/c1-13(2)14-5-6-17-16(11-14)12-15(7-8-19)18(20-17)21-9-3-4-10-21/h5-6,11-13H,3-4,7-10,19H2,1-2H3. The fourth-order valence-corrected chi connectivity index (χ4v) is 3.13. The summed E-state index contributed by atoms with van der Waals surface area (Å²) in [6, 6.07) is 8.95. The Morgan fingerprint density at radius 3 is 2.62 bits per heavy atom. The average Bonchev–Trinajstić information content (AvgIpc) is 3.00. The van der Waals surface area contributed by atoms with Crippen molar-refractivity contribution in [3.05, 3.63) is 35.4 Å². The topological polar surface area (TPSA) is 42.2 Å².